The molecule has 3 aromatic rings. The van der Waals surface area contributed by atoms with Crippen molar-refractivity contribution >= 4 is 26.9 Å². The highest BCUT2D eigenvalue weighted by molar-refractivity contribution is 7.89. The van der Waals surface area contributed by atoms with Gasteiger partial charge in [0, 0.05) is 11.6 Å². The number of aromatic nitrogens is 1. The molecule has 0 unspecified atom stereocenters. The minimum Gasteiger partial charge on any atom is -0.408 e. The number of sulfonamides is 1. The number of Topliss-reactive ketones (excluding diaryl/α,β-unsaturated/α-hetero) is 1. The van der Waals surface area contributed by atoms with E-state index in [-0.39, 0.29) is 16.0 Å². The van der Waals surface area contributed by atoms with E-state index in [9.17, 15) is 22.4 Å². The highest BCUT2D eigenvalue weighted by atomic mass is 32.2. The normalized spacial score (nSPS) is 11.7. The van der Waals surface area contributed by atoms with Crippen molar-refractivity contribution in [1.82, 2.24) is 9.71 Å². The molecule has 0 saturated carbocycles. The van der Waals surface area contributed by atoms with Crippen molar-refractivity contribution in [3.63, 3.8) is 0 Å². The number of ketones is 1. The number of halogens is 1. The summed E-state index contributed by atoms with van der Waals surface area (Å²) >= 11 is 0. The number of H-pyrrole nitrogens is 1. The summed E-state index contributed by atoms with van der Waals surface area (Å²) in [5, 5.41) is 0. The molecule has 0 saturated heterocycles. The Morgan fingerprint density at radius 3 is 2.58 bits per heavy atom. The highest BCUT2D eigenvalue weighted by Gasteiger charge is 2.18. The SMILES string of the molecule is O=C(CNS(=O)(=O)c1ccc2[nH]c(=O)oc2c1)c1ccc(F)cc1. The number of carbonyl (C=O) groups excluding carboxylic acids is 1. The Bertz CT molecular complexity index is 1070. The van der Waals surface area contributed by atoms with E-state index < -0.39 is 33.9 Å². The molecule has 3 rings (SSSR count). The van der Waals surface area contributed by atoms with Gasteiger partial charge in [-0.2, -0.15) is 0 Å². The van der Waals surface area contributed by atoms with Crippen molar-refractivity contribution < 1.29 is 22.0 Å². The third kappa shape index (κ3) is 3.26. The van der Waals surface area contributed by atoms with Crippen LogP contribution in [-0.2, 0) is 10.0 Å². The van der Waals surface area contributed by atoms with Crippen LogP contribution in [0.25, 0.3) is 11.1 Å². The lowest BCUT2D eigenvalue weighted by atomic mass is 10.1. The maximum Gasteiger partial charge on any atom is 0.417 e. The fourth-order valence-electron chi connectivity index (χ4n) is 2.07. The molecule has 9 heteroatoms. The molecule has 7 nitrogen and oxygen atoms in total. The number of benzene rings is 2. The minimum absolute atomic E-state index is 0.0905. The van der Waals surface area contributed by atoms with Gasteiger partial charge in [-0.15, -0.1) is 0 Å². The van der Waals surface area contributed by atoms with Crippen molar-refractivity contribution in [1.29, 1.82) is 0 Å². The number of aromatic amines is 1. The lowest BCUT2D eigenvalue weighted by Crippen LogP contribution is -2.29. The number of oxazole rings is 1. The summed E-state index contributed by atoms with van der Waals surface area (Å²) in [6.45, 7) is -0.483. The van der Waals surface area contributed by atoms with Crippen LogP contribution in [0.3, 0.4) is 0 Å². The molecule has 2 N–H and O–H groups in total. The molecular formula is C15H11FN2O5S. The summed E-state index contributed by atoms with van der Waals surface area (Å²) in [6.07, 6.45) is 0. The predicted molar refractivity (Wildman–Crippen MR) is 82.8 cm³/mol. The number of carbonyl (C=O) groups is 1. The number of rotatable bonds is 5. The van der Waals surface area contributed by atoms with Gasteiger partial charge in [0.25, 0.3) is 0 Å². The first kappa shape index (κ1) is 16.1. The first-order valence-electron chi connectivity index (χ1n) is 6.76. The molecule has 1 aromatic heterocycles. The van der Waals surface area contributed by atoms with Crippen molar-refractivity contribution in [3.8, 4) is 0 Å². The van der Waals surface area contributed by atoms with E-state index in [1.807, 2.05) is 0 Å². The fourth-order valence-corrected chi connectivity index (χ4v) is 3.07. The molecule has 0 aliphatic heterocycles. The largest absolute Gasteiger partial charge is 0.417 e. The monoisotopic (exact) mass is 350 g/mol. The van der Waals surface area contributed by atoms with Crippen molar-refractivity contribution in [3.05, 3.63) is 64.4 Å². The zero-order valence-electron chi connectivity index (χ0n) is 12.1. The number of hydrogen-bond donors (Lipinski definition) is 2. The Kier molecular flexibility index (Phi) is 4.04. The average molecular weight is 350 g/mol. The van der Waals surface area contributed by atoms with Crippen LogP contribution in [-0.4, -0.2) is 25.7 Å². The van der Waals surface area contributed by atoms with Gasteiger partial charge in [0.15, 0.2) is 11.4 Å². The summed E-state index contributed by atoms with van der Waals surface area (Å²) in [4.78, 5) is 25.3. The van der Waals surface area contributed by atoms with E-state index in [4.69, 9.17) is 4.42 Å². The van der Waals surface area contributed by atoms with Gasteiger partial charge >= 0.3 is 5.76 Å². The van der Waals surface area contributed by atoms with Crippen LogP contribution in [0.5, 0.6) is 0 Å². The molecule has 0 bridgehead atoms. The quantitative estimate of drug-likeness (QED) is 0.677. The summed E-state index contributed by atoms with van der Waals surface area (Å²) < 4.78 is 44.2. The summed E-state index contributed by atoms with van der Waals surface area (Å²) in [5.74, 6) is -1.69. The van der Waals surface area contributed by atoms with E-state index in [1.54, 1.807) is 0 Å². The average Bonchev–Trinajstić information content (AvgIpc) is 2.92. The molecule has 124 valence electrons. The molecule has 0 spiro atoms. The molecule has 0 amide bonds. The van der Waals surface area contributed by atoms with E-state index in [2.05, 4.69) is 9.71 Å². The zero-order chi connectivity index (χ0) is 17.3. The summed E-state index contributed by atoms with van der Waals surface area (Å²) in [6, 6.07) is 8.61. The second-order valence-corrected chi connectivity index (χ2v) is 6.69. The Morgan fingerprint density at radius 2 is 1.88 bits per heavy atom. The van der Waals surface area contributed by atoms with Gasteiger partial charge < -0.3 is 4.42 Å². The maximum atomic E-state index is 12.8. The number of nitrogens with one attached hydrogen (secondary N) is 2. The second kappa shape index (κ2) is 6.02. The van der Waals surface area contributed by atoms with Crippen LogP contribution in [0.15, 0.2) is 56.6 Å². The summed E-state index contributed by atoms with van der Waals surface area (Å²) in [5.41, 5.74) is 0.639. The molecule has 0 radical (unpaired) electrons. The van der Waals surface area contributed by atoms with Crippen LogP contribution in [0.2, 0.25) is 0 Å². The highest BCUT2D eigenvalue weighted by Crippen LogP contribution is 2.16. The first-order valence-corrected chi connectivity index (χ1v) is 8.25. The molecular weight excluding hydrogens is 339 g/mol. The van der Waals surface area contributed by atoms with E-state index in [1.165, 1.54) is 30.3 Å². The van der Waals surface area contributed by atoms with Crippen LogP contribution < -0.4 is 10.5 Å². The van der Waals surface area contributed by atoms with Gasteiger partial charge in [-0.05, 0) is 36.4 Å². The molecule has 2 aromatic carbocycles. The molecule has 24 heavy (non-hydrogen) atoms. The zero-order valence-corrected chi connectivity index (χ0v) is 12.9. The van der Waals surface area contributed by atoms with Crippen LogP contribution in [0.4, 0.5) is 4.39 Å². The molecule has 0 fully saturated rings. The second-order valence-electron chi connectivity index (χ2n) is 4.93. The van der Waals surface area contributed by atoms with Gasteiger partial charge in [0.1, 0.15) is 5.82 Å². The summed E-state index contributed by atoms with van der Waals surface area (Å²) in [7, 11) is -3.97. The van der Waals surface area contributed by atoms with Gasteiger partial charge in [-0.25, -0.2) is 22.3 Å². The van der Waals surface area contributed by atoms with Crippen molar-refractivity contribution in [2.24, 2.45) is 0 Å². The van der Waals surface area contributed by atoms with Gasteiger partial charge in [-0.1, -0.05) is 0 Å². The van der Waals surface area contributed by atoms with Crippen LogP contribution in [0, 0.1) is 5.82 Å². The van der Waals surface area contributed by atoms with E-state index in [0.29, 0.717) is 5.52 Å². The lowest BCUT2D eigenvalue weighted by Gasteiger charge is -2.06. The van der Waals surface area contributed by atoms with E-state index >= 15 is 0 Å². The predicted octanol–water partition coefficient (Wildman–Crippen LogP) is 1.42. The standard InChI is InChI=1S/C15H11FN2O5S/c16-10-3-1-9(2-4-10)13(19)8-17-24(21,22)11-5-6-12-14(7-11)23-15(20)18-12/h1-7,17H,8H2,(H,18,20). The van der Waals surface area contributed by atoms with Gasteiger partial charge in [-0.3, -0.25) is 9.78 Å². The minimum atomic E-state index is -3.97. The molecule has 0 aliphatic rings. The van der Waals surface area contributed by atoms with Crippen LogP contribution >= 0.6 is 0 Å². The Labute approximate surface area is 135 Å². The fraction of sp³-hybridized carbons (Fsp3) is 0.0667. The molecule has 0 atom stereocenters. The molecule has 1 heterocycles. The topological polar surface area (TPSA) is 109 Å². The Balaban J connectivity index is 1.78. The number of hydrogen-bond acceptors (Lipinski definition) is 5. The third-order valence-corrected chi connectivity index (χ3v) is 4.69. The Hall–Kier alpha value is -2.78. The smallest absolute Gasteiger partial charge is 0.408 e. The van der Waals surface area contributed by atoms with E-state index in [0.717, 1.165) is 12.1 Å². The Morgan fingerprint density at radius 1 is 1.17 bits per heavy atom. The van der Waals surface area contributed by atoms with Crippen molar-refractivity contribution in [2.75, 3.05) is 6.54 Å². The third-order valence-electron chi connectivity index (χ3n) is 3.29. The molecule has 0 aliphatic carbocycles. The maximum absolute atomic E-state index is 12.8. The van der Waals surface area contributed by atoms with Gasteiger partial charge in [0.2, 0.25) is 10.0 Å². The first-order chi connectivity index (χ1) is 11.3. The van der Waals surface area contributed by atoms with Gasteiger partial charge in [0.05, 0.1) is 17.0 Å². The van der Waals surface area contributed by atoms with Crippen LogP contribution in [0.1, 0.15) is 10.4 Å². The van der Waals surface area contributed by atoms with Crippen molar-refractivity contribution in [2.45, 2.75) is 4.90 Å². The lowest BCUT2D eigenvalue weighted by molar-refractivity contribution is 0.0997. The number of fused-ring (bicyclic) bond motifs is 1.